The lowest BCUT2D eigenvalue weighted by Crippen LogP contribution is -2.00. The zero-order valence-corrected chi connectivity index (χ0v) is 31.2. The predicted octanol–water partition coefficient (Wildman–Crippen LogP) is 13.9. The molecule has 0 fully saturated rings. The topological polar surface area (TPSA) is 56.7 Å². The van der Waals surface area contributed by atoms with Gasteiger partial charge in [-0.15, -0.1) is 11.3 Å². The Kier molecular flexibility index (Phi) is 7.03. The molecular formula is C51H30N4OS. The molecule has 0 bridgehead atoms. The molecule has 6 heteroatoms. The number of benzene rings is 8. The third-order valence-electron chi connectivity index (χ3n) is 11.1. The molecule has 4 aromatic heterocycles. The number of hydrogen-bond donors (Lipinski definition) is 0. The maximum atomic E-state index is 6.52. The summed E-state index contributed by atoms with van der Waals surface area (Å²) in [7, 11) is 0. The Balaban J connectivity index is 0.926. The number of rotatable bonds is 5. The first-order valence-corrected chi connectivity index (χ1v) is 19.8. The maximum absolute atomic E-state index is 6.52. The van der Waals surface area contributed by atoms with Gasteiger partial charge in [0, 0.05) is 64.1 Å². The molecular weight excluding hydrogens is 717 g/mol. The normalized spacial score (nSPS) is 11.9. The van der Waals surface area contributed by atoms with E-state index in [0.29, 0.717) is 17.5 Å². The summed E-state index contributed by atoms with van der Waals surface area (Å²) in [6, 6.07) is 63.8. The molecule has 0 saturated carbocycles. The molecule has 0 atom stereocenters. The Morgan fingerprint density at radius 1 is 0.351 bits per heavy atom. The second kappa shape index (κ2) is 12.6. The summed E-state index contributed by atoms with van der Waals surface area (Å²) in [6.07, 6.45) is 0. The van der Waals surface area contributed by atoms with Crippen LogP contribution < -0.4 is 0 Å². The first-order chi connectivity index (χ1) is 28.2. The molecule has 8 aromatic carbocycles. The van der Waals surface area contributed by atoms with E-state index in [1.165, 1.54) is 42.0 Å². The third kappa shape index (κ3) is 5.19. The van der Waals surface area contributed by atoms with Gasteiger partial charge in [0.05, 0.1) is 11.0 Å². The van der Waals surface area contributed by atoms with Gasteiger partial charge in [-0.2, -0.15) is 0 Å². The first-order valence-electron chi connectivity index (χ1n) is 19.0. The fourth-order valence-electron chi connectivity index (χ4n) is 8.30. The molecule has 0 aliphatic heterocycles. The SMILES string of the molecule is c1ccc(-c2nc(-c3ccccc3)nc(-c3ccc(-c4ccc5c(c4)oc4ccc(-n6c7ccccc7c7cc8c(cc76)sc6ccccc68)cc45)cc3)n2)cc1. The average molecular weight is 747 g/mol. The van der Waals surface area contributed by atoms with Gasteiger partial charge in [0.1, 0.15) is 11.2 Å². The Bertz CT molecular complexity index is 3450. The lowest BCUT2D eigenvalue weighted by atomic mass is 10.0. The second-order valence-corrected chi connectivity index (χ2v) is 15.5. The van der Waals surface area contributed by atoms with E-state index in [0.717, 1.165) is 55.4 Å². The van der Waals surface area contributed by atoms with Crippen LogP contribution in [-0.4, -0.2) is 19.5 Å². The predicted molar refractivity (Wildman–Crippen MR) is 236 cm³/mol. The quantitative estimate of drug-likeness (QED) is 0.176. The van der Waals surface area contributed by atoms with Crippen molar-refractivity contribution in [2.24, 2.45) is 0 Å². The van der Waals surface area contributed by atoms with Crippen LogP contribution in [0, 0.1) is 0 Å². The van der Waals surface area contributed by atoms with Gasteiger partial charge in [-0.3, -0.25) is 0 Å². The standard InChI is InChI=1S/C51H30N4OS/c1-3-11-32(12-4-1)49-52-50(33-13-5-2-6-14-33)54-51(53-49)34-21-19-31(20-22-34)35-23-25-38-41-28-36(24-26-45(41)56-46(38)27-35)55-43-17-9-7-15-37(43)40-29-42-39-16-8-10-18-47(39)57-48(42)30-44(40)55/h1-30H. The number of para-hydroxylation sites is 1. The molecule has 0 spiro atoms. The highest BCUT2D eigenvalue weighted by atomic mass is 32.1. The summed E-state index contributed by atoms with van der Waals surface area (Å²) >= 11 is 1.86. The number of aromatic nitrogens is 4. The zero-order chi connectivity index (χ0) is 37.5. The van der Waals surface area contributed by atoms with E-state index in [2.05, 4.69) is 126 Å². The Hall–Kier alpha value is -7.41. The van der Waals surface area contributed by atoms with Crippen molar-refractivity contribution in [2.45, 2.75) is 0 Å². The highest BCUT2D eigenvalue weighted by molar-refractivity contribution is 7.25. The van der Waals surface area contributed by atoms with Gasteiger partial charge in [0.15, 0.2) is 17.5 Å². The molecule has 5 nitrogen and oxygen atoms in total. The number of fused-ring (bicyclic) bond motifs is 9. The minimum absolute atomic E-state index is 0.634. The van der Waals surface area contributed by atoms with Gasteiger partial charge in [-0.1, -0.05) is 127 Å². The van der Waals surface area contributed by atoms with Crippen LogP contribution in [0.3, 0.4) is 0 Å². The molecule has 4 heterocycles. The Morgan fingerprint density at radius 3 is 1.70 bits per heavy atom. The molecule has 12 rings (SSSR count). The van der Waals surface area contributed by atoms with Crippen LogP contribution >= 0.6 is 11.3 Å². The molecule has 0 saturated heterocycles. The van der Waals surface area contributed by atoms with Crippen molar-refractivity contribution in [3.05, 3.63) is 182 Å². The third-order valence-corrected chi connectivity index (χ3v) is 12.2. The molecule has 0 amide bonds. The van der Waals surface area contributed by atoms with Crippen LogP contribution in [0.4, 0.5) is 0 Å². The lowest BCUT2D eigenvalue weighted by Gasteiger charge is -2.09. The summed E-state index contributed by atoms with van der Waals surface area (Å²) in [4.78, 5) is 14.7. The van der Waals surface area contributed by atoms with Crippen molar-refractivity contribution in [3.63, 3.8) is 0 Å². The monoisotopic (exact) mass is 746 g/mol. The van der Waals surface area contributed by atoms with Crippen LogP contribution in [0.1, 0.15) is 0 Å². The smallest absolute Gasteiger partial charge is 0.164 e. The Labute approximate surface area is 330 Å². The molecule has 0 aliphatic rings. The fourth-order valence-corrected chi connectivity index (χ4v) is 9.42. The van der Waals surface area contributed by atoms with Crippen molar-refractivity contribution in [1.82, 2.24) is 19.5 Å². The van der Waals surface area contributed by atoms with E-state index in [9.17, 15) is 0 Å². The van der Waals surface area contributed by atoms with Gasteiger partial charge in [-0.25, -0.2) is 15.0 Å². The van der Waals surface area contributed by atoms with E-state index in [1.54, 1.807) is 0 Å². The summed E-state index contributed by atoms with van der Waals surface area (Å²) in [5, 5.41) is 7.33. The number of furan rings is 1. The molecule has 12 aromatic rings. The average Bonchev–Trinajstić information content (AvgIpc) is 3.94. The van der Waals surface area contributed by atoms with Gasteiger partial charge < -0.3 is 8.98 Å². The molecule has 0 N–H and O–H groups in total. The van der Waals surface area contributed by atoms with Gasteiger partial charge >= 0.3 is 0 Å². The van der Waals surface area contributed by atoms with Crippen LogP contribution in [0.5, 0.6) is 0 Å². The highest BCUT2D eigenvalue weighted by Crippen LogP contribution is 2.42. The molecule has 266 valence electrons. The van der Waals surface area contributed by atoms with Crippen LogP contribution in [0.15, 0.2) is 186 Å². The highest BCUT2D eigenvalue weighted by Gasteiger charge is 2.18. The van der Waals surface area contributed by atoms with Crippen molar-refractivity contribution < 1.29 is 4.42 Å². The van der Waals surface area contributed by atoms with Crippen LogP contribution in [-0.2, 0) is 0 Å². The summed E-state index contributed by atoms with van der Waals surface area (Å²) < 4.78 is 11.5. The second-order valence-electron chi connectivity index (χ2n) is 14.4. The Morgan fingerprint density at radius 2 is 0.965 bits per heavy atom. The lowest BCUT2D eigenvalue weighted by molar-refractivity contribution is 0.669. The molecule has 57 heavy (non-hydrogen) atoms. The van der Waals surface area contributed by atoms with Gasteiger partial charge in [0.2, 0.25) is 0 Å². The van der Waals surface area contributed by atoms with E-state index in [4.69, 9.17) is 19.4 Å². The van der Waals surface area contributed by atoms with Crippen molar-refractivity contribution in [2.75, 3.05) is 0 Å². The molecule has 0 unspecified atom stereocenters. The number of nitrogens with zero attached hydrogens (tertiary/aromatic N) is 4. The zero-order valence-electron chi connectivity index (χ0n) is 30.4. The van der Waals surface area contributed by atoms with Crippen molar-refractivity contribution in [3.8, 4) is 51.0 Å². The maximum Gasteiger partial charge on any atom is 0.164 e. The minimum Gasteiger partial charge on any atom is -0.456 e. The van der Waals surface area contributed by atoms with E-state index in [1.807, 2.05) is 72.0 Å². The van der Waals surface area contributed by atoms with E-state index in [-0.39, 0.29) is 0 Å². The first kappa shape index (κ1) is 31.9. The van der Waals surface area contributed by atoms with Crippen LogP contribution in [0.2, 0.25) is 0 Å². The largest absolute Gasteiger partial charge is 0.456 e. The van der Waals surface area contributed by atoms with Crippen LogP contribution in [0.25, 0.3) is 115 Å². The minimum atomic E-state index is 0.634. The molecule has 0 radical (unpaired) electrons. The van der Waals surface area contributed by atoms with Crippen molar-refractivity contribution >= 4 is 75.3 Å². The summed E-state index contributed by atoms with van der Waals surface area (Å²) in [6.45, 7) is 0. The van der Waals surface area contributed by atoms with Crippen molar-refractivity contribution in [1.29, 1.82) is 0 Å². The number of thiophene rings is 1. The molecule has 0 aliphatic carbocycles. The van der Waals surface area contributed by atoms with E-state index < -0.39 is 0 Å². The van der Waals surface area contributed by atoms with Gasteiger partial charge in [0.25, 0.3) is 0 Å². The number of hydrogen-bond acceptors (Lipinski definition) is 5. The summed E-state index contributed by atoms with van der Waals surface area (Å²) in [5.74, 6) is 1.93. The fraction of sp³-hybridized carbons (Fsp3) is 0. The van der Waals surface area contributed by atoms with E-state index >= 15 is 0 Å². The van der Waals surface area contributed by atoms with Gasteiger partial charge in [-0.05, 0) is 65.7 Å². The summed E-state index contributed by atoms with van der Waals surface area (Å²) in [5.41, 5.74) is 10.2.